The fraction of sp³-hybridized carbons (Fsp3) is 0.727. The van der Waals surface area contributed by atoms with Gasteiger partial charge < -0.3 is 0 Å². The SMILES string of the molecule is CCc1nnsc1C(=O)CCCC(C)C. The summed E-state index contributed by atoms with van der Waals surface area (Å²) < 4.78 is 3.83. The normalized spacial score (nSPS) is 10.9. The predicted molar refractivity (Wildman–Crippen MR) is 62.3 cm³/mol. The van der Waals surface area contributed by atoms with E-state index in [2.05, 4.69) is 23.4 Å². The van der Waals surface area contributed by atoms with E-state index in [1.807, 2.05) is 6.92 Å². The zero-order valence-corrected chi connectivity index (χ0v) is 10.4. The van der Waals surface area contributed by atoms with Crippen molar-refractivity contribution in [3.8, 4) is 0 Å². The van der Waals surface area contributed by atoms with Gasteiger partial charge in [0, 0.05) is 6.42 Å². The van der Waals surface area contributed by atoms with Gasteiger partial charge in [-0.1, -0.05) is 31.7 Å². The van der Waals surface area contributed by atoms with Crippen LogP contribution in [0.25, 0.3) is 0 Å². The average molecular weight is 226 g/mol. The maximum atomic E-state index is 11.8. The van der Waals surface area contributed by atoms with E-state index >= 15 is 0 Å². The van der Waals surface area contributed by atoms with Gasteiger partial charge in [-0.25, -0.2) is 0 Å². The van der Waals surface area contributed by atoms with E-state index < -0.39 is 0 Å². The Morgan fingerprint density at radius 3 is 2.80 bits per heavy atom. The van der Waals surface area contributed by atoms with Crippen molar-refractivity contribution in [2.45, 2.75) is 46.5 Å². The van der Waals surface area contributed by atoms with Crippen molar-refractivity contribution in [3.05, 3.63) is 10.6 Å². The highest BCUT2D eigenvalue weighted by Gasteiger charge is 2.14. The fourth-order valence-electron chi connectivity index (χ4n) is 1.44. The van der Waals surface area contributed by atoms with Crippen LogP contribution in [0, 0.1) is 5.92 Å². The zero-order valence-electron chi connectivity index (χ0n) is 9.62. The molecule has 0 unspecified atom stereocenters. The lowest BCUT2D eigenvalue weighted by atomic mass is 10.0. The molecule has 0 aliphatic carbocycles. The van der Waals surface area contributed by atoms with Crippen molar-refractivity contribution in [2.24, 2.45) is 5.92 Å². The van der Waals surface area contributed by atoms with Crippen LogP contribution in [0.3, 0.4) is 0 Å². The van der Waals surface area contributed by atoms with Crippen LogP contribution in [0.2, 0.25) is 0 Å². The minimum atomic E-state index is 0.211. The summed E-state index contributed by atoms with van der Waals surface area (Å²) >= 11 is 1.23. The molecule has 3 nitrogen and oxygen atoms in total. The number of hydrogen-bond acceptors (Lipinski definition) is 4. The molecule has 15 heavy (non-hydrogen) atoms. The molecule has 0 N–H and O–H groups in total. The largest absolute Gasteiger partial charge is 0.293 e. The van der Waals surface area contributed by atoms with Crippen molar-refractivity contribution in [1.29, 1.82) is 0 Å². The quantitative estimate of drug-likeness (QED) is 0.700. The Morgan fingerprint density at radius 1 is 1.47 bits per heavy atom. The molecule has 0 aliphatic heterocycles. The van der Waals surface area contributed by atoms with Crippen LogP contribution in [0.15, 0.2) is 0 Å². The van der Waals surface area contributed by atoms with Gasteiger partial charge in [0.05, 0.1) is 5.69 Å². The Morgan fingerprint density at radius 2 is 2.20 bits per heavy atom. The molecule has 0 atom stereocenters. The summed E-state index contributed by atoms with van der Waals surface area (Å²) in [5.74, 6) is 0.880. The lowest BCUT2D eigenvalue weighted by Gasteiger charge is -2.02. The number of Topliss-reactive ketones (excluding diaryl/α,β-unsaturated/α-hetero) is 1. The Bertz CT molecular complexity index is 320. The van der Waals surface area contributed by atoms with Crippen LogP contribution in [0.4, 0.5) is 0 Å². The smallest absolute Gasteiger partial charge is 0.176 e. The van der Waals surface area contributed by atoms with Crippen LogP contribution in [-0.4, -0.2) is 15.4 Å². The van der Waals surface area contributed by atoms with Gasteiger partial charge in [-0.3, -0.25) is 4.79 Å². The Kier molecular flexibility index (Phi) is 4.88. The van der Waals surface area contributed by atoms with Gasteiger partial charge in [0.2, 0.25) is 0 Å². The summed E-state index contributed by atoms with van der Waals surface area (Å²) in [6.45, 7) is 6.36. The number of hydrogen-bond donors (Lipinski definition) is 0. The molecule has 1 rings (SSSR count). The summed E-state index contributed by atoms with van der Waals surface area (Å²) in [6.07, 6.45) is 3.51. The molecule has 1 aromatic heterocycles. The van der Waals surface area contributed by atoms with Gasteiger partial charge in [-0.05, 0) is 30.3 Å². The summed E-state index contributed by atoms with van der Waals surface area (Å²) in [5.41, 5.74) is 0.856. The van der Waals surface area contributed by atoms with Crippen molar-refractivity contribution >= 4 is 17.3 Å². The molecular weight excluding hydrogens is 208 g/mol. The molecule has 0 saturated heterocycles. The zero-order chi connectivity index (χ0) is 11.3. The molecule has 84 valence electrons. The third-order valence-electron chi connectivity index (χ3n) is 2.33. The number of carbonyl (C=O) groups is 1. The Labute approximate surface area is 95.1 Å². The van der Waals surface area contributed by atoms with E-state index in [0.717, 1.165) is 29.8 Å². The van der Waals surface area contributed by atoms with Gasteiger partial charge in [0.1, 0.15) is 4.88 Å². The molecule has 0 aliphatic rings. The minimum absolute atomic E-state index is 0.211. The maximum Gasteiger partial charge on any atom is 0.176 e. The summed E-state index contributed by atoms with van der Waals surface area (Å²) in [6, 6.07) is 0. The fourth-order valence-corrected chi connectivity index (χ4v) is 2.15. The molecule has 1 aromatic rings. The van der Waals surface area contributed by atoms with Gasteiger partial charge >= 0.3 is 0 Å². The number of carbonyl (C=O) groups excluding carboxylic acids is 1. The minimum Gasteiger partial charge on any atom is -0.293 e. The second kappa shape index (κ2) is 5.95. The highest BCUT2D eigenvalue weighted by Crippen LogP contribution is 2.16. The third kappa shape index (κ3) is 3.70. The van der Waals surface area contributed by atoms with Crippen LogP contribution in [-0.2, 0) is 6.42 Å². The van der Waals surface area contributed by atoms with Gasteiger partial charge in [0.25, 0.3) is 0 Å². The summed E-state index contributed by atoms with van der Waals surface area (Å²) in [7, 11) is 0. The van der Waals surface area contributed by atoms with Crippen molar-refractivity contribution < 1.29 is 4.79 Å². The van der Waals surface area contributed by atoms with Crippen LogP contribution < -0.4 is 0 Å². The molecule has 0 fully saturated rings. The standard InChI is InChI=1S/C11H18N2OS/c1-4-9-11(15-13-12-9)10(14)7-5-6-8(2)3/h8H,4-7H2,1-3H3. The predicted octanol–water partition coefficient (Wildman–Crippen LogP) is 3.11. The topological polar surface area (TPSA) is 42.9 Å². The van der Waals surface area contributed by atoms with Crippen LogP contribution >= 0.6 is 11.5 Å². The monoisotopic (exact) mass is 226 g/mol. The highest BCUT2D eigenvalue weighted by atomic mass is 32.1. The van der Waals surface area contributed by atoms with Crippen molar-refractivity contribution in [1.82, 2.24) is 9.59 Å². The highest BCUT2D eigenvalue weighted by molar-refractivity contribution is 7.08. The van der Waals surface area contributed by atoms with E-state index in [0.29, 0.717) is 12.3 Å². The van der Waals surface area contributed by atoms with E-state index in [4.69, 9.17) is 0 Å². The first kappa shape index (κ1) is 12.3. The summed E-state index contributed by atoms with van der Waals surface area (Å²) in [4.78, 5) is 12.6. The van der Waals surface area contributed by atoms with Crippen molar-refractivity contribution in [3.63, 3.8) is 0 Å². The second-order valence-electron chi connectivity index (χ2n) is 4.11. The number of rotatable bonds is 6. The number of aromatic nitrogens is 2. The Hall–Kier alpha value is -0.770. The Balaban J connectivity index is 2.47. The number of aryl methyl sites for hydroxylation is 1. The molecule has 0 aromatic carbocycles. The number of nitrogens with zero attached hydrogens (tertiary/aromatic N) is 2. The van der Waals surface area contributed by atoms with E-state index in [9.17, 15) is 4.79 Å². The van der Waals surface area contributed by atoms with Crippen molar-refractivity contribution in [2.75, 3.05) is 0 Å². The molecule has 0 amide bonds. The molecular formula is C11H18N2OS. The first-order chi connectivity index (χ1) is 7.15. The first-order valence-corrected chi connectivity index (χ1v) is 6.26. The van der Waals surface area contributed by atoms with Gasteiger partial charge in [0.15, 0.2) is 5.78 Å². The van der Waals surface area contributed by atoms with E-state index in [-0.39, 0.29) is 5.78 Å². The second-order valence-corrected chi connectivity index (χ2v) is 4.87. The average Bonchev–Trinajstić information content (AvgIpc) is 2.64. The van der Waals surface area contributed by atoms with Gasteiger partial charge in [-0.15, -0.1) is 5.10 Å². The molecule has 0 radical (unpaired) electrons. The molecule has 1 heterocycles. The molecule has 4 heteroatoms. The maximum absolute atomic E-state index is 11.8. The molecule has 0 saturated carbocycles. The lowest BCUT2D eigenvalue weighted by molar-refractivity contribution is 0.0981. The van der Waals surface area contributed by atoms with Gasteiger partial charge in [-0.2, -0.15) is 0 Å². The van der Waals surface area contributed by atoms with E-state index in [1.54, 1.807) is 0 Å². The van der Waals surface area contributed by atoms with Crippen LogP contribution in [0.5, 0.6) is 0 Å². The molecule has 0 bridgehead atoms. The summed E-state index contributed by atoms with van der Waals surface area (Å²) in [5, 5.41) is 3.95. The first-order valence-electron chi connectivity index (χ1n) is 5.49. The van der Waals surface area contributed by atoms with Crippen LogP contribution in [0.1, 0.15) is 55.4 Å². The molecule has 0 spiro atoms. The number of ketones is 1. The van der Waals surface area contributed by atoms with E-state index in [1.165, 1.54) is 11.5 Å². The third-order valence-corrected chi connectivity index (χ3v) is 3.14. The lowest BCUT2D eigenvalue weighted by Crippen LogP contribution is -2.01.